The quantitative estimate of drug-likeness (QED) is 0.801. The molecule has 2 amide bonds. The van der Waals surface area contributed by atoms with E-state index in [2.05, 4.69) is 11.8 Å². The Morgan fingerprint density at radius 3 is 2.76 bits per heavy atom. The lowest BCUT2D eigenvalue weighted by atomic mass is 10.0. The van der Waals surface area contributed by atoms with Gasteiger partial charge in [0.15, 0.2) is 0 Å². The number of hydrogen-bond donors (Lipinski definition) is 0. The second-order valence-corrected chi connectivity index (χ2v) is 5.02. The first-order valence-electron chi connectivity index (χ1n) is 7.15. The first-order chi connectivity index (χ1) is 10.1. The zero-order valence-electron chi connectivity index (χ0n) is 12.3. The third kappa shape index (κ3) is 3.43. The number of benzene rings is 1. The van der Waals surface area contributed by atoms with Crippen LogP contribution in [-0.2, 0) is 9.53 Å². The van der Waals surface area contributed by atoms with Crippen molar-refractivity contribution >= 4 is 12.0 Å². The number of ether oxygens (including phenoxy) is 1. The van der Waals surface area contributed by atoms with Crippen LogP contribution in [0.1, 0.15) is 38.3 Å². The third-order valence-electron chi connectivity index (χ3n) is 3.43. The van der Waals surface area contributed by atoms with Gasteiger partial charge in [-0.2, -0.15) is 0 Å². The molecule has 1 aromatic rings. The van der Waals surface area contributed by atoms with Gasteiger partial charge in [0.2, 0.25) is 5.91 Å². The van der Waals surface area contributed by atoms with Crippen LogP contribution in [-0.4, -0.2) is 23.5 Å². The van der Waals surface area contributed by atoms with E-state index in [0.717, 1.165) is 12.0 Å². The fraction of sp³-hybridized carbons (Fsp3) is 0.412. The van der Waals surface area contributed by atoms with E-state index in [0.29, 0.717) is 6.42 Å². The molecule has 2 atom stereocenters. The molecule has 1 aliphatic rings. The number of cyclic esters (lactones) is 1. The normalized spacial score (nSPS) is 18.7. The summed E-state index contributed by atoms with van der Waals surface area (Å²) in [6.45, 7) is 3.96. The smallest absolute Gasteiger partial charge is 0.417 e. The molecular weight excluding hydrogens is 266 g/mol. The largest absolute Gasteiger partial charge is 0.446 e. The molecule has 1 aliphatic heterocycles. The Hall–Kier alpha value is -2.28. The topological polar surface area (TPSA) is 46.6 Å². The molecular formula is C17H19NO3. The molecule has 1 aromatic carbocycles. The van der Waals surface area contributed by atoms with Gasteiger partial charge in [-0.25, -0.2) is 9.69 Å². The van der Waals surface area contributed by atoms with Gasteiger partial charge in [-0.3, -0.25) is 4.79 Å². The lowest BCUT2D eigenvalue weighted by Gasteiger charge is -2.22. The number of carbonyl (C=O) groups excluding carboxylic acids is 2. The fourth-order valence-corrected chi connectivity index (χ4v) is 2.26. The van der Waals surface area contributed by atoms with Gasteiger partial charge in [-0.15, -0.1) is 11.8 Å². The summed E-state index contributed by atoms with van der Waals surface area (Å²) < 4.78 is 5.06. The van der Waals surface area contributed by atoms with Gasteiger partial charge in [-0.1, -0.05) is 44.2 Å². The van der Waals surface area contributed by atoms with Crippen molar-refractivity contribution in [2.75, 3.05) is 6.61 Å². The van der Waals surface area contributed by atoms with Crippen molar-refractivity contribution in [3.05, 3.63) is 35.9 Å². The Kier molecular flexibility index (Phi) is 4.99. The molecule has 1 saturated heterocycles. The molecule has 0 spiro atoms. The molecule has 0 bridgehead atoms. The minimum Gasteiger partial charge on any atom is -0.446 e. The molecule has 4 nitrogen and oxygen atoms in total. The summed E-state index contributed by atoms with van der Waals surface area (Å²) in [6, 6.07) is 9.13. The van der Waals surface area contributed by atoms with Crippen LogP contribution in [0.2, 0.25) is 0 Å². The van der Waals surface area contributed by atoms with Gasteiger partial charge in [0, 0.05) is 18.8 Å². The number of carbonyl (C=O) groups is 2. The monoisotopic (exact) mass is 285 g/mol. The van der Waals surface area contributed by atoms with Gasteiger partial charge in [0.05, 0.1) is 0 Å². The maximum atomic E-state index is 12.5. The van der Waals surface area contributed by atoms with Crippen molar-refractivity contribution in [2.45, 2.75) is 32.7 Å². The predicted octanol–water partition coefficient (Wildman–Crippen LogP) is 3.15. The Morgan fingerprint density at radius 1 is 1.38 bits per heavy atom. The molecule has 0 saturated carbocycles. The second kappa shape index (κ2) is 6.94. The first kappa shape index (κ1) is 15.1. The Balaban J connectivity index is 2.15. The second-order valence-electron chi connectivity index (χ2n) is 5.02. The van der Waals surface area contributed by atoms with Crippen molar-refractivity contribution in [1.82, 2.24) is 4.90 Å². The van der Waals surface area contributed by atoms with Crippen LogP contribution < -0.4 is 0 Å². The van der Waals surface area contributed by atoms with Gasteiger partial charge < -0.3 is 4.74 Å². The van der Waals surface area contributed by atoms with Gasteiger partial charge in [-0.05, 0) is 5.56 Å². The highest BCUT2D eigenvalue weighted by atomic mass is 16.6. The average Bonchev–Trinajstić information content (AvgIpc) is 2.89. The molecule has 4 heteroatoms. The average molecular weight is 285 g/mol. The minimum atomic E-state index is -0.566. The summed E-state index contributed by atoms with van der Waals surface area (Å²) in [5.74, 6) is 5.36. The Labute approximate surface area is 125 Å². The van der Waals surface area contributed by atoms with Crippen molar-refractivity contribution in [3.63, 3.8) is 0 Å². The molecule has 0 radical (unpaired) electrons. The van der Waals surface area contributed by atoms with Crippen LogP contribution in [0, 0.1) is 17.8 Å². The van der Waals surface area contributed by atoms with E-state index in [1.165, 1.54) is 4.90 Å². The van der Waals surface area contributed by atoms with E-state index in [4.69, 9.17) is 4.74 Å². The molecule has 21 heavy (non-hydrogen) atoms. The van der Waals surface area contributed by atoms with Crippen LogP contribution in [0.4, 0.5) is 4.79 Å². The van der Waals surface area contributed by atoms with E-state index in [1.54, 1.807) is 6.92 Å². The number of imide groups is 1. The highest BCUT2D eigenvalue weighted by molar-refractivity contribution is 5.94. The zero-order valence-corrected chi connectivity index (χ0v) is 12.3. The molecule has 0 aliphatic carbocycles. The van der Waals surface area contributed by atoms with E-state index in [-0.39, 0.29) is 24.5 Å². The molecule has 0 N–H and O–H groups in total. The molecule has 1 heterocycles. The number of hydrogen-bond acceptors (Lipinski definition) is 3. The maximum absolute atomic E-state index is 12.5. The molecule has 0 unspecified atom stereocenters. The summed E-state index contributed by atoms with van der Waals surface area (Å²) in [6.07, 6.45) is 0.654. The van der Waals surface area contributed by atoms with Crippen molar-refractivity contribution in [1.29, 1.82) is 0 Å². The lowest BCUT2D eigenvalue weighted by molar-refractivity contribution is -0.132. The summed E-state index contributed by atoms with van der Waals surface area (Å²) in [4.78, 5) is 25.6. The van der Waals surface area contributed by atoms with Crippen LogP contribution in [0.5, 0.6) is 0 Å². The molecule has 110 valence electrons. The van der Waals surface area contributed by atoms with E-state index >= 15 is 0 Å². The van der Waals surface area contributed by atoms with Crippen molar-refractivity contribution in [3.8, 4) is 11.8 Å². The Morgan fingerprint density at radius 2 is 2.10 bits per heavy atom. The minimum absolute atomic E-state index is 0.210. The van der Waals surface area contributed by atoms with E-state index in [1.807, 2.05) is 37.3 Å². The SMILES string of the molecule is CCC#CC[C@H](C)C(=O)N1C(=O)OC[C@@H]1c1ccccc1. The van der Waals surface area contributed by atoms with Crippen LogP contribution >= 0.6 is 0 Å². The molecule has 1 fully saturated rings. The number of nitrogens with zero attached hydrogens (tertiary/aromatic N) is 1. The van der Waals surface area contributed by atoms with Crippen LogP contribution in [0.15, 0.2) is 30.3 Å². The summed E-state index contributed by atoms with van der Waals surface area (Å²) >= 11 is 0. The van der Waals surface area contributed by atoms with Crippen molar-refractivity contribution in [2.24, 2.45) is 5.92 Å². The van der Waals surface area contributed by atoms with Gasteiger partial charge in [0.1, 0.15) is 12.6 Å². The zero-order chi connectivity index (χ0) is 15.2. The van der Waals surface area contributed by atoms with Crippen LogP contribution in [0.25, 0.3) is 0 Å². The lowest BCUT2D eigenvalue weighted by Crippen LogP contribution is -2.37. The van der Waals surface area contributed by atoms with Gasteiger partial charge >= 0.3 is 6.09 Å². The predicted molar refractivity (Wildman–Crippen MR) is 79.2 cm³/mol. The third-order valence-corrected chi connectivity index (χ3v) is 3.43. The highest BCUT2D eigenvalue weighted by Crippen LogP contribution is 2.29. The van der Waals surface area contributed by atoms with E-state index < -0.39 is 6.09 Å². The summed E-state index contributed by atoms with van der Waals surface area (Å²) in [7, 11) is 0. The maximum Gasteiger partial charge on any atom is 0.417 e. The fourth-order valence-electron chi connectivity index (χ4n) is 2.26. The highest BCUT2D eigenvalue weighted by Gasteiger charge is 2.40. The molecule has 2 rings (SSSR count). The standard InChI is InChI=1S/C17H19NO3/c1-3-4-6-9-13(2)16(19)18-15(12-21-17(18)20)14-10-7-5-8-11-14/h5,7-8,10-11,13,15H,3,9,12H2,1-2H3/t13-,15+/m0/s1. The Bertz CT molecular complexity index is 571. The number of rotatable bonds is 3. The van der Waals surface area contributed by atoms with E-state index in [9.17, 15) is 9.59 Å². The van der Waals surface area contributed by atoms with Crippen LogP contribution in [0.3, 0.4) is 0 Å². The van der Waals surface area contributed by atoms with Crippen molar-refractivity contribution < 1.29 is 14.3 Å². The summed E-state index contributed by atoms with van der Waals surface area (Å²) in [5, 5.41) is 0. The first-order valence-corrected chi connectivity index (χ1v) is 7.15. The summed E-state index contributed by atoms with van der Waals surface area (Å²) in [5.41, 5.74) is 0.906. The number of amides is 2. The van der Waals surface area contributed by atoms with Gasteiger partial charge in [0.25, 0.3) is 0 Å². The molecule has 0 aromatic heterocycles.